The van der Waals surface area contributed by atoms with Gasteiger partial charge < -0.3 is 60.0 Å². The molecule has 0 bridgehead atoms. The lowest BCUT2D eigenvalue weighted by Gasteiger charge is -2.42. The topological polar surface area (TPSA) is 270 Å². The van der Waals surface area contributed by atoms with Gasteiger partial charge in [-0.25, -0.2) is 0 Å². The molecule has 7 fully saturated rings. The average molecular weight is 1320 g/mol. The first-order valence-corrected chi connectivity index (χ1v) is 35.6. The van der Waals surface area contributed by atoms with Gasteiger partial charge in [0.1, 0.15) is 47.8 Å². The van der Waals surface area contributed by atoms with Gasteiger partial charge in [0.05, 0.1) is 26.1 Å². The third-order valence-corrected chi connectivity index (χ3v) is 22.2. The van der Waals surface area contributed by atoms with Crippen LogP contribution in [0.1, 0.15) is 195 Å². The van der Waals surface area contributed by atoms with Gasteiger partial charge >= 0.3 is 0 Å². The smallest absolute Gasteiger partial charge is 0.248 e. The number of nitrogens with one attached hydrogen (secondary N) is 3. The molecule has 8 atom stereocenters. The molecule has 522 valence electrons. The first-order valence-electron chi connectivity index (χ1n) is 35.2. The first-order chi connectivity index (χ1) is 44.2. The number of alkyl halides is 1. The molecule has 3 N–H and O–H groups in total. The lowest BCUT2D eigenvalue weighted by molar-refractivity contribution is -0.156. The molecule has 4 aliphatic heterocycles. The summed E-state index contributed by atoms with van der Waals surface area (Å²) < 4.78 is 0. The van der Waals surface area contributed by atoms with Crippen LogP contribution in [0.3, 0.4) is 0 Å². The molecule has 0 aromatic rings. The van der Waals surface area contributed by atoms with Crippen LogP contribution < -0.4 is 16.0 Å². The molecule has 0 aromatic carbocycles. The highest BCUT2D eigenvalue weighted by Gasteiger charge is 2.51. The second-order valence-electron chi connectivity index (χ2n) is 28.8. The van der Waals surface area contributed by atoms with Crippen molar-refractivity contribution in [3.63, 3.8) is 0 Å². The predicted molar refractivity (Wildman–Crippen MR) is 351 cm³/mol. The predicted octanol–water partition coefficient (Wildman–Crippen LogP) is 4.28. The SMILES string of the molecule is CC[C@H](C)[C@@H]1NC(=O)[C@@H]2CCCCN2C(=O)C[C@@H](C(=O)N2CCCCC2)N(C)C(=O)[C@H](C(C)C)N(C)C(=O)C2(CCCC2)NC(=O)[C@@H]2CCCN2C(=O)[C@H](CCC2CCC(Cl)CC2)NC(=O)CN(C)C(=O)[C@H](CC2CCCCC2)N(C)C(=O)CN(C)C(=O)CN(C)C1=O. The van der Waals surface area contributed by atoms with E-state index >= 15 is 14.4 Å². The van der Waals surface area contributed by atoms with Gasteiger partial charge in [0.15, 0.2) is 0 Å². The van der Waals surface area contributed by atoms with Crippen molar-refractivity contribution in [3.05, 3.63) is 0 Å². The zero-order chi connectivity index (χ0) is 68.0. The van der Waals surface area contributed by atoms with Crippen LogP contribution in [-0.2, 0) is 57.5 Å². The molecule has 4 saturated heterocycles. The van der Waals surface area contributed by atoms with E-state index in [0.717, 1.165) is 77.0 Å². The van der Waals surface area contributed by atoms with Crippen molar-refractivity contribution in [1.29, 1.82) is 0 Å². The summed E-state index contributed by atoms with van der Waals surface area (Å²) >= 11 is 6.51. The second-order valence-corrected chi connectivity index (χ2v) is 29.4. The average Bonchev–Trinajstić information content (AvgIpc) is 1.77. The Hall–Kier alpha value is -6.07. The van der Waals surface area contributed by atoms with E-state index in [1.807, 2.05) is 6.92 Å². The third-order valence-electron chi connectivity index (χ3n) is 21.7. The van der Waals surface area contributed by atoms with E-state index in [1.54, 1.807) is 25.7 Å². The standard InChI is InChI=1S/C68H111ClN12O12/c1-11-45(4)58-65(91)75(7)42-56(84)73(5)43-57(85)76(8)52(39-47-23-14-12-15-24-47)63(89)74(6)41-54(82)70-49(32-29-46-27-30-48(69)31-28-46)62(88)81-38-22-26-51(81)61(87)72-68(33-17-18-34-68)67(93)78(10)59(44(2)3)66(92)77(9)53(64(90)79-35-19-13-20-36-79)40-55(83)80-37-21-16-25-50(80)60(86)71-58/h44-53,58-59H,11-43H2,1-10H3,(H,70,82)(H,71,86)(H,72,87)/t45-,46?,48?,49-,50-,51-,52-,53-,58-,59-/m0/s1. The first kappa shape index (κ1) is 74.3. The Labute approximate surface area is 557 Å². The van der Waals surface area contributed by atoms with E-state index < -0.39 is 157 Å². The molecule has 24 nitrogen and oxygen atoms in total. The largest absolute Gasteiger partial charge is 0.343 e. The van der Waals surface area contributed by atoms with Gasteiger partial charge in [-0.15, -0.1) is 11.6 Å². The van der Waals surface area contributed by atoms with E-state index in [4.69, 9.17) is 11.6 Å². The monoisotopic (exact) mass is 1320 g/mol. The molecule has 7 aliphatic rings. The number of piperidine rings is 2. The van der Waals surface area contributed by atoms with E-state index in [-0.39, 0.29) is 62.4 Å². The summed E-state index contributed by atoms with van der Waals surface area (Å²) in [6.45, 7) is 7.10. The Morgan fingerprint density at radius 2 is 1.12 bits per heavy atom. The summed E-state index contributed by atoms with van der Waals surface area (Å²) in [4.78, 5) is 190. The fraction of sp³-hybridized carbons (Fsp3) is 0.824. The molecule has 0 radical (unpaired) electrons. The number of halogens is 1. The van der Waals surface area contributed by atoms with Crippen molar-refractivity contribution < 1.29 is 57.5 Å². The minimum Gasteiger partial charge on any atom is -0.343 e. The van der Waals surface area contributed by atoms with Crippen LogP contribution in [0.4, 0.5) is 0 Å². The number of fused-ring (bicyclic) bond motifs is 2. The van der Waals surface area contributed by atoms with E-state index in [9.17, 15) is 43.2 Å². The summed E-state index contributed by atoms with van der Waals surface area (Å²) in [5.41, 5.74) is -1.46. The lowest BCUT2D eigenvalue weighted by Crippen LogP contribution is -2.65. The zero-order valence-corrected chi connectivity index (χ0v) is 58.3. The lowest BCUT2D eigenvalue weighted by atomic mass is 9.84. The number of likely N-dealkylation sites (N-methyl/N-ethyl adjacent to an activating group) is 6. The van der Waals surface area contributed by atoms with Crippen LogP contribution in [0.2, 0.25) is 0 Å². The number of likely N-dealkylation sites (tertiary alicyclic amines) is 1. The van der Waals surface area contributed by atoms with Crippen molar-refractivity contribution in [1.82, 2.24) is 60.0 Å². The summed E-state index contributed by atoms with van der Waals surface area (Å²) in [7, 11) is 8.85. The molecule has 12 amide bonds. The fourth-order valence-corrected chi connectivity index (χ4v) is 15.8. The van der Waals surface area contributed by atoms with Crippen molar-refractivity contribution in [3.8, 4) is 0 Å². The van der Waals surface area contributed by atoms with Crippen LogP contribution in [0.25, 0.3) is 0 Å². The second kappa shape index (κ2) is 34.0. The van der Waals surface area contributed by atoms with Gasteiger partial charge in [0.2, 0.25) is 70.9 Å². The molecule has 1 spiro atoms. The van der Waals surface area contributed by atoms with Gasteiger partial charge in [0, 0.05) is 73.8 Å². The molecule has 3 saturated carbocycles. The maximum absolute atomic E-state index is 15.4. The van der Waals surface area contributed by atoms with Crippen LogP contribution in [0.15, 0.2) is 0 Å². The number of hydrogen-bond donors (Lipinski definition) is 3. The summed E-state index contributed by atoms with van der Waals surface area (Å²) in [5.74, 6) is -7.10. The highest BCUT2D eigenvalue weighted by molar-refractivity contribution is 6.20. The number of hydrogen-bond acceptors (Lipinski definition) is 12. The van der Waals surface area contributed by atoms with E-state index in [1.165, 1.54) is 81.5 Å². The van der Waals surface area contributed by atoms with Crippen molar-refractivity contribution in [2.45, 2.75) is 248 Å². The number of amides is 12. The molecule has 0 unspecified atom stereocenters. The number of rotatable bonds is 9. The van der Waals surface area contributed by atoms with Crippen LogP contribution in [0.5, 0.6) is 0 Å². The van der Waals surface area contributed by atoms with E-state index in [0.29, 0.717) is 64.5 Å². The molecule has 93 heavy (non-hydrogen) atoms. The molecule has 4 heterocycles. The van der Waals surface area contributed by atoms with E-state index in [2.05, 4.69) is 16.0 Å². The van der Waals surface area contributed by atoms with Crippen molar-refractivity contribution in [2.75, 3.05) is 88.1 Å². The minimum atomic E-state index is -1.46. The highest BCUT2D eigenvalue weighted by Crippen LogP contribution is 2.36. The van der Waals surface area contributed by atoms with Crippen molar-refractivity contribution >= 4 is 82.5 Å². The number of nitrogens with zero attached hydrogens (tertiary/aromatic N) is 9. The highest BCUT2D eigenvalue weighted by atomic mass is 35.5. The van der Waals surface area contributed by atoms with Gasteiger partial charge in [-0.2, -0.15) is 0 Å². The van der Waals surface area contributed by atoms with Gasteiger partial charge in [-0.05, 0) is 133 Å². The summed E-state index contributed by atoms with van der Waals surface area (Å²) in [6.07, 6.45) is 15.4. The quantitative estimate of drug-likeness (QED) is 0.273. The summed E-state index contributed by atoms with van der Waals surface area (Å²) in [5, 5.41) is 9.10. The van der Waals surface area contributed by atoms with Gasteiger partial charge in [-0.3, -0.25) is 57.5 Å². The molecular formula is C68H111ClN12O12. The molecule has 0 aromatic heterocycles. The Kier molecular flexibility index (Phi) is 27.2. The molecule has 3 aliphatic carbocycles. The van der Waals surface area contributed by atoms with Crippen LogP contribution >= 0.6 is 11.6 Å². The Morgan fingerprint density at radius 3 is 1.76 bits per heavy atom. The Bertz CT molecular complexity index is 2670. The fourth-order valence-electron chi connectivity index (χ4n) is 15.6. The van der Waals surface area contributed by atoms with Crippen LogP contribution in [-0.4, -0.2) is 256 Å². The number of carbonyl (C=O) groups is 12. The summed E-state index contributed by atoms with van der Waals surface area (Å²) in [6, 6.07) is -7.77. The molecule has 25 heteroatoms. The minimum absolute atomic E-state index is 0.0625. The van der Waals surface area contributed by atoms with Gasteiger partial charge in [0.25, 0.3) is 0 Å². The maximum atomic E-state index is 15.4. The van der Waals surface area contributed by atoms with Crippen molar-refractivity contribution in [2.24, 2.45) is 23.7 Å². The van der Waals surface area contributed by atoms with Gasteiger partial charge in [-0.1, -0.05) is 79.1 Å². The normalized spacial score (nSPS) is 30.0. The van der Waals surface area contributed by atoms with Crippen LogP contribution in [0, 0.1) is 23.7 Å². The molecular weight excluding hydrogens is 1210 g/mol. The maximum Gasteiger partial charge on any atom is 0.248 e. The Balaban J connectivity index is 1.24. The third kappa shape index (κ3) is 18.7. The Morgan fingerprint density at radius 1 is 0.538 bits per heavy atom. The molecule has 7 rings (SSSR count). The number of carbonyl (C=O) groups excluding carboxylic acids is 12. The zero-order valence-electron chi connectivity index (χ0n) is 57.6.